The Balaban J connectivity index is 2.67. The van der Waals surface area contributed by atoms with Crippen LogP contribution in [0.15, 0.2) is 0 Å². The van der Waals surface area contributed by atoms with E-state index in [0.717, 1.165) is 13.1 Å². The fraction of sp³-hybridized carbons (Fsp3) is 1.00. The highest BCUT2D eigenvalue weighted by atomic mass is 15.2. The smallest absolute Gasteiger partial charge is 0.0197 e. The van der Waals surface area contributed by atoms with Crippen molar-refractivity contribution in [2.24, 2.45) is 0 Å². The summed E-state index contributed by atoms with van der Waals surface area (Å²) in [6.45, 7) is 12.9. The average Bonchev–Trinajstić information content (AvgIpc) is 2.17. The standard InChI is InChI=1S/C11H24N2/c1-5-8-13-10(2)9-12-7-6-11(13,3)4/h10,12H,5-9H2,1-4H3. The lowest BCUT2D eigenvalue weighted by molar-refractivity contribution is 0.0860. The Morgan fingerprint density at radius 3 is 2.77 bits per heavy atom. The maximum atomic E-state index is 3.50. The van der Waals surface area contributed by atoms with Crippen molar-refractivity contribution in [2.45, 2.75) is 52.1 Å². The van der Waals surface area contributed by atoms with Gasteiger partial charge in [-0.2, -0.15) is 0 Å². The van der Waals surface area contributed by atoms with E-state index < -0.39 is 0 Å². The van der Waals surface area contributed by atoms with Crippen LogP contribution in [-0.4, -0.2) is 36.1 Å². The van der Waals surface area contributed by atoms with Gasteiger partial charge >= 0.3 is 0 Å². The van der Waals surface area contributed by atoms with Crippen LogP contribution < -0.4 is 5.32 Å². The third-order valence-corrected chi connectivity index (χ3v) is 3.13. The van der Waals surface area contributed by atoms with Gasteiger partial charge in [0.2, 0.25) is 0 Å². The second-order valence-electron chi connectivity index (χ2n) is 4.81. The van der Waals surface area contributed by atoms with Crippen molar-refractivity contribution in [3.63, 3.8) is 0 Å². The molecule has 1 rings (SSSR count). The molecule has 0 saturated carbocycles. The molecule has 0 amide bonds. The largest absolute Gasteiger partial charge is 0.315 e. The van der Waals surface area contributed by atoms with Crippen LogP contribution in [0.4, 0.5) is 0 Å². The van der Waals surface area contributed by atoms with Gasteiger partial charge in [0.05, 0.1) is 0 Å². The zero-order valence-electron chi connectivity index (χ0n) is 9.56. The van der Waals surface area contributed by atoms with Crippen molar-refractivity contribution in [3.8, 4) is 0 Å². The summed E-state index contributed by atoms with van der Waals surface area (Å²) in [6, 6.07) is 0.678. The number of rotatable bonds is 2. The van der Waals surface area contributed by atoms with Gasteiger partial charge in [0, 0.05) is 18.1 Å². The van der Waals surface area contributed by atoms with Crippen molar-refractivity contribution in [1.29, 1.82) is 0 Å². The minimum absolute atomic E-state index is 0.374. The molecule has 0 aromatic carbocycles. The van der Waals surface area contributed by atoms with Crippen LogP contribution in [0.3, 0.4) is 0 Å². The lowest BCUT2D eigenvalue weighted by Crippen LogP contribution is -2.49. The lowest BCUT2D eigenvalue weighted by Gasteiger charge is -2.40. The van der Waals surface area contributed by atoms with Crippen molar-refractivity contribution >= 4 is 0 Å². The monoisotopic (exact) mass is 184 g/mol. The molecule has 0 spiro atoms. The Labute approximate surface area is 82.7 Å². The average molecular weight is 184 g/mol. The van der Waals surface area contributed by atoms with E-state index in [2.05, 4.69) is 37.9 Å². The summed E-state index contributed by atoms with van der Waals surface area (Å²) in [5.74, 6) is 0. The molecule has 0 bridgehead atoms. The molecule has 1 N–H and O–H groups in total. The van der Waals surface area contributed by atoms with Crippen molar-refractivity contribution in [3.05, 3.63) is 0 Å². The Bertz CT molecular complexity index is 154. The molecule has 2 heteroatoms. The van der Waals surface area contributed by atoms with Gasteiger partial charge < -0.3 is 5.32 Å². The van der Waals surface area contributed by atoms with Gasteiger partial charge in [-0.25, -0.2) is 0 Å². The van der Waals surface area contributed by atoms with Crippen LogP contribution in [0.25, 0.3) is 0 Å². The minimum atomic E-state index is 0.374. The van der Waals surface area contributed by atoms with Crippen LogP contribution in [-0.2, 0) is 0 Å². The van der Waals surface area contributed by atoms with Gasteiger partial charge in [-0.3, -0.25) is 4.90 Å². The molecule has 1 unspecified atom stereocenters. The topological polar surface area (TPSA) is 15.3 Å². The molecule has 0 aromatic heterocycles. The van der Waals surface area contributed by atoms with E-state index in [1.54, 1.807) is 0 Å². The summed E-state index contributed by atoms with van der Waals surface area (Å²) in [5.41, 5.74) is 0.374. The van der Waals surface area contributed by atoms with Gasteiger partial charge in [-0.1, -0.05) is 6.92 Å². The number of hydrogen-bond donors (Lipinski definition) is 1. The molecule has 1 saturated heterocycles. The molecule has 0 aromatic rings. The zero-order valence-corrected chi connectivity index (χ0v) is 9.56. The molecular formula is C11H24N2. The maximum Gasteiger partial charge on any atom is 0.0197 e. The Morgan fingerprint density at radius 2 is 2.15 bits per heavy atom. The van der Waals surface area contributed by atoms with E-state index in [9.17, 15) is 0 Å². The fourth-order valence-corrected chi connectivity index (χ4v) is 2.32. The first-order chi connectivity index (χ1) is 6.08. The molecule has 1 fully saturated rings. The summed E-state index contributed by atoms with van der Waals surface area (Å²) in [5, 5.41) is 3.50. The van der Waals surface area contributed by atoms with Crippen LogP contribution >= 0.6 is 0 Å². The van der Waals surface area contributed by atoms with E-state index in [1.165, 1.54) is 19.4 Å². The first kappa shape index (κ1) is 11.0. The molecule has 1 atom stereocenters. The van der Waals surface area contributed by atoms with Crippen molar-refractivity contribution < 1.29 is 0 Å². The van der Waals surface area contributed by atoms with Gasteiger partial charge in [0.25, 0.3) is 0 Å². The maximum absolute atomic E-state index is 3.50. The van der Waals surface area contributed by atoms with Gasteiger partial charge in [-0.05, 0) is 46.7 Å². The molecule has 0 radical (unpaired) electrons. The third kappa shape index (κ3) is 2.68. The highest BCUT2D eigenvalue weighted by molar-refractivity contribution is 4.89. The first-order valence-electron chi connectivity index (χ1n) is 5.55. The molecule has 0 aliphatic carbocycles. The van der Waals surface area contributed by atoms with Crippen molar-refractivity contribution in [2.75, 3.05) is 19.6 Å². The molecule has 1 aliphatic rings. The summed E-state index contributed by atoms with van der Waals surface area (Å²) in [4.78, 5) is 2.65. The summed E-state index contributed by atoms with van der Waals surface area (Å²) in [7, 11) is 0. The summed E-state index contributed by atoms with van der Waals surface area (Å²) in [6.07, 6.45) is 2.52. The summed E-state index contributed by atoms with van der Waals surface area (Å²) >= 11 is 0. The highest BCUT2D eigenvalue weighted by Gasteiger charge is 2.31. The van der Waals surface area contributed by atoms with E-state index in [0.29, 0.717) is 11.6 Å². The SMILES string of the molecule is CCCN1C(C)CNCCC1(C)C. The molecule has 2 nitrogen and oxygen atoms in total. The Kier molecular flexibility index (Phi) is 3.74. The van der Waals surface area contributed by atoms with E-state index >= 15 is 0 Å². The van der Waals surface area contributed by atoms with Gasteiger partial charge in [0.1, 0.15) is 0 Å². The lowest BCUT2D eigenvalue weighted by atomic mass is 9.97. The quantitative estimate of drug-likeness (QED) is 0.704. The molecule has 1 aliphatic heterocycles. The van der Waals surface area contributed by atoms with Crippen molar-refractivity contribution in [1.82, 2.24) is 10.2 Å². The van der Waals surface area contributed by atoms with Gasteiger partial charge in [0.15, 0.2) is 0 Å². The van der Waals surface area contributed by atoms with E-state index in [1.807, 2.05) is 0 Å². The third-order valence-electron chi connectivity index (χ3n) is 3.13. The Morgan fingerprint density at radius 1 is 1.46 bits per heavy atom. The Hall–Kier alpha value is -0.0800. The van der Waals surface area contributed by atoms with Crippen LogP contribution in [0.2, 0.25) is 0 Å². The summed E-state index contributed by atoms with van der Waals surface area (Å²) < 4.78 is 0. The second kappa shape index (κ2) is 4.43. The van der Waals surface area contributed by atoms with E-state index in [-0.39, 0.29) is 0 Å². The number of hydrogen-bond acceptors (Lipinski definition) is 2. The number of nitrogens with one attached hydrogen (secondary N) is 1. The number of nitrogens with zero attached hydrogens (tertiary/aromatic N) is 1. The van der Waals surface area contributed by atoms with Crippen LogP contribution in [0.5, 0.6) is 0 Å². The normalized spacial score (nSPS) is 30.0. The zero-order chi connectivity index (χ0) is 9.90. The molecular weight excluding hydrogens is 160 g/mol. The van der Waals surface area contributed by atoms with Gasteiger partial charge in [-0.15, -0.1) is 0 Å². The fourth-order valence-electron chi connectivity index (χ4n) is 2.32. The predicted molar refractivity (Wildman–Crippen MR) is 58.0 cm³/mol. The first-order valence-corrected chi connectivity index (χ1v) is 5.55. The second-order valence-corrected chi connectivity index (χ2v) is 4.81. The van der Waals surface area contributed by atoms with Crippen LogP contribution in [0.1, 0.15) is 40.5 Å². The van der Waals surface area contributed by atoms with E-state index in [4.69, 9.17) is 0 Å². The molecule has 1 heterocycles. The molecule has 13 heavy (non-hydrogen) atoms. The highest BCUT2D eigenvalue weighted by Crippen LogP contribution is 2.23. The molecule has 78 valence electrons. The minimum Gasteiger partial charge on any atom is -0.315 e. The van der Waals surface area contributed by atoms with Crippen LogP contribution in [0, 0.1) is 0 Å². The predicted octanol–water partition coefficient (Wildman–Crippen LogP) is 1.86.